The molecule has 0 saturated carbocycles. The van der Waals surface area contributed by atoms with Crippen LogP contribution in [0.25, 0.3) is 17.4 Å². The zero-order valence-corrected chi connectivity index (χ0v) is 16.1. The van der Waals surface area contributed by atoms with E-state index in [2.05, 4.69) is 0 Å². The number of nitrogens with zero attached hydrogens (tertiary/aromatic N) is 1. The molecule has 0 spiro atoms. The maximum atomic E-state index is 13.0. The normalized spacial score (nSPS) is 15.2. The fourth-order valence-corrected chi connectivity index (χ4v) is 3.74. The van der Waals surface area contributed by atoms with E-state index in [9.17, 15) is 23.9 Å². The number of aromatic carboxylic acids is 1. The molecule has 2 aromatic carbocycles. The fraction of sp³-hybridized carbons (Fsp3) is 0.0455. The molecule has 1 saturated heterocycles. The Balaban J connectivity index is 1.53. The van der Waals surface area contributed by atoms with Crippen molar-refractivity contribution in [1.29, 1.82) is 0 Å². The molecule has 0 atom stereocenters. The van der Waals surface area contributed by atoms with Crippen LogP contribution in [-0.4, -0.2) is 22.0 Å². The highest BCUT2D eigenvalue weighted by Gasteiger charge is 2.35. The van der Waals surface area contributed by atoms with E-state index in [1.54, 1.807) is 24.3 Å². The zero-order chi connectivity index (χ0) is 21.3. The number of carboxylic acid groups (broad SMARTS) is 1. The zero-order valence-electron chi connectivity index (χ0n) is 15.3. The Labute approximate surface area is 174 Å². The molecule has 150 valence electrons. The third-order valence-electron chi connectivity index (χ3n) is 4.41. The number of carbonyl (C=O) groups is 3. The first-order valence-corrected chi connectivity index (χ1v) is 9.64. The molecule has 0 unspecified atom stereocenters. The van der Waals surface area contributed by atoms with E-state index in [0.29, 0.717) is 22.6 Å². The molecule has 30 heavy (non-hydrogen) atoms. The summed E-state index contributed by atoms with van der Waals surface area (Å²) in [6.07, 6.45) is 1.46. The third-order valence-corrected chi connectivity index (χ3v) is 5.32. The van der Waals surface area contributed by atoms with E-state index in [4.69, 9.17) is 4.42 Å². The van der Waals surface area contributed by atoms with Crippen LogP contribution in [0.2, 0.25) is 0 Å². The summed E-state index contributed by atoms with van der Waals surface area (Å²) in [5, 5.41) is 10.6. The molecule has 6 nitrogen and oxygen atoms in total. The summed E-state index contributed by atoms with van der Waals surface area (Å²) in [5.41, 5.74) is 1.20. The van der Waals surface area contributed by atoms with Gasteiger partial charge in [-0.25, -0.2) is 4.39 Å². The van der Waals surface area contributed by atoms with Gasteiger partial charge in [-0.2, -0.15) is 0 Å². The van der Waals surface area contributed by atoms with Crippen LogP contribution in [0.3, 0.4) is 0 Å². The number of hydrogen-bond acceptors (Lipinski definition) is 6. The highest BCUT2D eigenvalue weighted by molar-refractivity contribution is 8.18. The van der Waals surface area contributed by atoms with Gasteiger partial charge in [0.1, 0.15) is 17.3 Å². The lowest BCUT2D eigenvalue weighted by atomic mass is 10.1. The Morgan fingerprint density at radius 2 is 1.87 bits per heavy atom. The summed E-state index contributed by atoms with van der Waals surface area (Å²) in [5.74, 6) is -1.40. The average molecular weight is 422 g/mol. The summed E-state index contributed by atoms with van der Waals surface area (Å²) < 4.78 is 18.7. The molecular weight excluding hydrogens is 409 g/mol. The van der Waals surface area contributed by atoms with Crippen molar-refractivity contribution in [2.45, 2.75) is 6.54 Å². The molecule has 0 N–H and O–H groups in total. The number of hydrogen-bond donors (Lipinski definition) is 0. The summed E-state index contributed by atoms with van der Waals surface area (Å²) in [6.45, 7) is 0.0434. The Hall–Kier alpha value is -3.65. The lowest BCUT2D eigenvalue weighted by Gasteiger charge is -2.12. The molecule has 8 heteroatoms. The first-order valence-electron chi connectivity index (χ1n) is 8.82. The Bertz CT molecular complexity index is 1180. The monoisotopic (exact) mass is 422 g/mol. The molecule has 0 radical (unpaired) electrons. The SMILES string of the molecule is O=C([O-])c1cccc(-c2ccc(/C=C3\SC(=O)N(Cc4ccc(F)cc4)C3=O)o2)c1. The second-order valence-electron chi connectivity index (χ2n) is 6.46. The van der Waals surface area contributed by atoms with Gasteiger partial charge in [-0.05, 0) is 53.2 Å². The molecule has 1 aliphatic heterocycles. The molecule has 3 aromatic rings. The van der Waals surface area contributed by atoms with Gasteiger partial charge >= 0.3 is 0 Å². The highest BCUT2D eigenvalue weighted by Crippen LogP contribution is 2.34. The van der Waals surface area contributed by atoms with Gasteiger partial charge < -0.3 is 14.3 Å². The number of halogens is 1. The van der Waals surface area contributed by atoms with E-state index < -0.39 is 22.9 Å². The maximum Gasteiger partial charge on any atom is 0.293 e. The first kappa shape index (κ1) is 19.7. The predicted molar refractivity (Wildman–Crippen MR) is 106 cm³/mol. The molecule has 1 fully saturated rings. The predicted octanol–water partition coefficient (Wildman–Crippen LogP) is 3.69. The average Bonchev–Trinajstić information content (AvgIpc) is 3.30. The van der Waals surface area contributed by atoms with Crippen LogP contribution in [0, 0.1) is 5.82 Å². The second kappa shape index (κ2) is 8.00. The molecule has 1 aliphatic rings. The quantitative estimate of drug-likeness (QED) is 0.583. The summed E-state index contributed by atoms with van der Waals surface area (Å²) in [4.78, 5) is 37.2. The fourth-order valence-electron chi connectivity index (χ4n) is 2.92. The smallest absolute Gasteiger partial charge is 0.293 e. The second-order valence-corrected chi connectivity index (χ2v) is 7.46. The third kappa shape index (κ3) is 4.04. The van der Waals surface area contributed by atoms with Crippen molar-refractivity contribution >= 4 is 35.0 Å². The molecule has 0 aliphatic carbocycles. The van der Waals surface area contributed by atoms with E-state index in [-0.39, 0.29) is 17.0 Å². The Morgan fingerprint density at radius 1 is 1.10 bits per heavy atom. The van der Waals surface area contributed by atoms with Gasteiger partial charge in [-0.1, -0.05) is 30.3 Å². The van der Waals surface area contributed by atoms with E-state index in [1.807, 2.05) is 0 Å². The number of imide groups is 1. The molecule has 2 amide bonds. The van der Waals surface area contributed by atoms with Gasteiger partial charge in [-0.3, -0.25) is 14.5 Å². The molecule has 0 bridgehead atoms. The Morgan fingerprint density at radius 3 is 2.60 bits per heavy atom. The van der Waals surface area contributed by atoms with Crippen molar-refractivity contribution in [3.8, 4) is 11.3 Å². The van der Waals surface area contributed by atoms with Crippen LogP contribution in [0.5, 0.6) is 0 Å². The van der Waals surface area contributed by atoms with Gasteiger partial charge in [0.15, 0.2) is 0 Å². The van der Waals surface area contributed by atoms with Gasteiger partial charge in [0, 0.05) is 11.6 Å². The van der Waals surface area contributed by atoms with E-state index in [0.717, 1.165) is 16.7 Å². The van der Waals surface area contributed by atoms with Crippen molar-refractivity contribution < 1.29 is 28.3 Å². The molecule has 4 rings (SSSR count). The van der Waals surface area contributed by atoms with Crippen molar-refractivity contribution in [1.82, 2.24) is 4.90 Å². The summed E-state index contributed by atoms with van der Waals surface area (Å²) in [7, 11) is 0. The van der Waals surface area contributed by atoms with E-state index >= 15 is 0 Å². The molecule has 1 aromatic heterocycles. The van der Waals surface area contributed by atoms with Crippen molar-refractivity contribution in [2.24, 2.45) is 0 Å². The maximum absolute atomic E-state index is 13.0. The van der Waals surface area contributed by atoms with Gasteiger partial charge in [0.25, 0.3) is 11.1 Å². The lowest BCUT2D eigenvalue weighted by molar-refractivity contribution is -0.255. The van der Waals surface area contributed by atoms with Crippen LogP contribution in [0.1, 0.15) is 21.7 Å². The number of carboxylic acids is 1. The molecular formula is C22H13FNO5S-. The van der Waals surface area contributed by atoms with Crippen molar-refractivity contribution in [3.05, 3.63) is 88.3 Å². The number of thioether (sulfide) groups is 1. The minimum atomic E-state index is -1.29. The Kier molecular flexibility index (Phi) is 5.24. The van der Waals surface area contributed by atoms with Crippen LogP contribution < -0.4 is 5.11 Å². The minimum absolute atomic E-state index is 0.0207. The number of amides is 2. The highest BCUT2D eigenvalue weighted by atomic mass is 32.2. The number of furan rings is 1. The van der Waals surface area contributed by atoms with Crippen LogP contribution >= 0.6 is 11.8 Å². The van der Waals surface area contributed by atoms with E-state index in [1.165, 1.54) is 42.5 Å². The van der Waals surface area contributed by atoms with Gasteiger partial charge in [0.2, 0.25) is 0 Å². The molecule has 2 heterocycles. The van der Waals surface area contributed by atoms with Crippen LogP contribution in [0.15, 0.2) is 70.0 Å². The summed E-state index contributed by atoms with van der Waals surface area (Å²) >= 11 is 0.789. The number of carbonyl (C=O) groups excluding carboxylic acids is 3. The number of benzene rings is 2. The number of rotatable bonds is 5. The van der Waals surface area contributed by atoms with Crippen LogP contribution in [-0.2, 0) is 11.3 Å². The van der Waals surface area contributed by atoms with Gasteiger partial charge in [-0.15, -0.1) is 0 Å². The standard InChI is InChI=1S/C22H14FNO5S/c23-16-6-4-13(5-7-16)12-24-20(25)19(30-22(24)28)11-17-8-9-18(29-17)14-2-1-3-15(10-14)21(26)27/h1-11H,12H2,(H,26,27)/p-1/b19-11-. The lowest BCUT2D eigenvalue weighted by Crippen LogP contribution is -2.27. The topological polar surface area (TPSA) is 90.6 Å². The van der Waals surface area contributed by atoms with Crippen molar-refractivity contribution in [3.63, 3.8) is 0 Å². The summed E-state index contributed by atoms with van der Waals surface area (Å²) in [6, 6.07) is 14.9. The first-order chi connectivity index (χ1) is 14.4. The minimum Gasteiger partial charge on any atom is -0.545 e. The van der Waals surface area contributed by atoms with Gasteiger partial charge in [0.05, 0.1) is 17.4 Å². The largest absolute Gasteiger partial charge is 0.545 e. The van der Waals surface area contributed by atoms with Crippen LogP contribution in [0.4, 0.5) is 9.18 Å². The van der Waals surface area contributed by atoms with Crippen molar-refractivity contribution in [2.75, 3.05) is 0 Å².